The zero-order chi connectivity index (χ0) is 16.4. The molecule has 1 rings (SSSR count). The van der Waals surface area contributed by atoms with E-state index in [1.54, 1.807) is 25.3 Å². The van der Waals surface area contributed by atoms with Crippen molar-refractivity contribution in [3.05, 3.63) is 18.2 Å². The number of nitrogens with zero attached hydrogens (tertiary/aromatic N) is 1. The summed E-state index contributed by atoms with van der Waals surface area (Å²) < 4.78 is 5.09. The van der Waals surface area contributed by atoms with Gasteiger partial charge in [-0.15, -0.1) is 0 Å². The van der Waals surface area contributed by atoms with Crippen LogP contribution in [0.2, 0.25) is 0 Å². The number of rotatable bonds is 10. The number of methoxy groups -OCH3 is 1. The van der Waals surface area contributed by atoms with Crippen LogP contribution in [0.15, 0.2) is 18.2 Å². The fourth-order valence-electron chi connectivity index (χ4n) is 2.43. The molecule has 5 nitrogen and oxygen atoms in total. The van der Waals surface area contributed by atoms with Crippen molar-refractivity contribution in [1.29, 1.82) is 0 Å². The third-order valence-corrected chi connectivity index (χ3v) is 3.49. The van der Waals surface area contributed by atoms with Crippen LogP contribution in [0.4, 0.5) is 11.4 Å². The summed E-state index contributed by atoms with van der Waals surface area (Å²) >= 11 is 0. The minimum absolute atomic E-state index is 0.00446. The van der Waals surface area contributed by atoms with Crippen molar-refractivity contribution >= 4 is 17.3 Å². The first-order valence-corrected chi connectivity index (χ1v) is 8.06. The molecule has 0 saturated heterocycles. The number of benzene rings is 1. The molecule has 0 aliphatic heterocycles. The number of nitrogens with two attached hydrogens (primary N) is 1. The van der Waals surface area contributed by atoms with E-state index >= 15 is 0 Å². The number of anilines is 2. The summed E-state index contributed by atoms with van der Waals surface area (Å²) in [7, 11) is 1.59. The first-order valence-electron chi connectivity index (χ1n) is 8.06. The Labute approximate surface area is 133 Å². The molecule has 0 spiro atoms. The van der Waals surface area contributed by atoms with E-state index in [0.717, 1.165) is 38.9 Å². The Morgan fingerprint density at radius 2 is 1.91 bits per heavy atom. The minimum Gasteiger partial charge on any atom is -0.497 e. The van der Waals surface area contributed by atoms with Crippen molar-refractivity contribution < 1.29 is 9.53 Å². The minimum atomic E-state index is 0.00446. The van der Waals surface area contributed by atoms with Crippen LogP contribution in [0.1, 0.15) is 39.5 Å². The van der Waals surface area contributed by atoms with Crippen LogP contribution in [-0.4, -0.2) is 37.6 Å². The van der Waals surface area contributed by atoms with Gasteiger partial charge in [0.25, 0.3) is 0 Å². The highest BCUT2D eigenvalue weighted by Crippen LogP contribution is 2.24. The van der Waals surface area contributed by atoms with E-state index in [9.17, 15) is 4.79 Å². The SMILES string of the molecule is CCCN(CCC)CCCC(=O)Nc1ccc(OC)cc1N. The molecular weight excluding hydrogens is 278 g/mol. The lowest BCUT2D eigenvalue weighted by Crippen LogP contribution is -2.27. The third kappa shape index (κ3) is 6.35. The van der Waals surface area contributed by atoms with Gasteiger partial charge < -0.3 is 20.7 Å². The van der Waals surface area contributed by atoms with Gasteiger partial charge in [-0.2, -0.15) is 0 Å². The fraction of sp³-hybridized carbons (Fsp3) is 0.588. The molecule has 0 aliphatic rings. The molecule has 0 saturated carbocycles. The molecule has 0 heterocycles. The lowest BCUT2D eigenvalue weighted by atomic mass is 10.2. The van der Waals surface area contributed by atoms with Crippen LogP contribution < -0.4 is 15.8 Å². The molecule has 0 aliphatic carbocycles. The van der Waals surface area contributed by atoms with E-state index in [2.05, 4.69) is 24.1 Å². The number of amides is 1. The third-order valence-electron chi connectivity index (χ3n) is 3.49. The van der Waals surface area contributed by atoms with Gasteiger partial charge in [0.2, 0.25) is 5.91 Å². The van der Waals surface area contributed by atoms with E-state index in [4.69, 9.17) is 10.5 Å². The van der Waals surface area contributed by atoms with Gasteiger partial charge in [0.15, 0.2) is 0 Å². The van der Waals surface area contributed by atoms with Gasteiger partial charge in [-0.3, -0.25) is 4.79 Å². The predicted molar refractivity (Wildman–Crippen MR) is 92.3 cm³/mol. The van der Waals surface area contributed by atoms with Crippen LogP contribution in [0.5, 0.6) is 5.75 Å². The Morgan fingerprint density at radius 1 is 1.23 bits per heavy atom. The molecule has 5 heteroatoms. The summed E-state index contributed by atoms with van der Waals surface area (Å²) in [4.78, 5) is 14.4. The molecule has 1 aromatic carbocycles. The highest BCUT2D eigenvalue weighted by molar-refractivity contribution is 5.93. The molecule has 0 atom stereocenters. The first kappa shape index (κ1) is 18.3. The number of hydrogen-bond donors (Lipinski definition) is 2. The van der Waals surface area contributed by atoms with Crippen LogP contribution >= 0.6 is 0 Å². The average molecular weight is 307 g/mol. The number of nitrogens with one attached hydrogen (secondary N) is 1. The Bertz CT molecular complexity index is 457. The van der Waals surface area contributed by atoms with Crippen molar-refractivity contribution in [3.63, 3.8) is 0 Å². The lowest BCUT2D eigenvalue weighted by molar-refractivity contribution is -0.116. The predicted octanol–water partition coefficient (Wildman–Crippen LogP) is 3.12. The van der Waals surface area contributed by atoms with Gasteiger partial charge in [0.05, 0.1) is 18.5 Å². The maximum atomic E-state index is 12.0. The summed E-state index contributed by atoms with van der Waals surface area (Å²) in [6, 6.07) is 5.27. The topological polar surface area (TPSA) is 67.6 Å². The van der Waals surface area contributed by atoms with Gasteiger partial charge in [0, 0.05) is 12.5 Å². The quantitative estimate of drug-likeness (QED) is 0.652. The Kier molecular flexibility index (Phi) is 8.36. The average Bonchev–Trinajstić information content (AvgIpc) is 2.49. The zero-order valence-corrected chi connectivity index (χ0v) is 14.0. The van der Waals surface area contributed by atoms with Gasteiger partial charge in [0.1, 0.15) is 5.75 Å². The van der Waals surface area contributed by atoms with Crippen LogP contribution in [0.25, 0.3) is 0 Å². The van der Waals surface area contributed by atoms with Crippen LogP contribution in [0.3, 0.4) is 0 Å². The summed E-state index contributed by atoms with van der Waals surface area (Å²) in [5.41, 5.74) is 7.06. The van der Waals surface area contributed by atoms with E-state index in [1.165, 1.54) is 0 Å². The largest absolute Gasteiger partial charge is 0.497 e. The van der Waals surface area contributed by atoms with E-state index in [-0.39, 0.29) is 5.91 Å². The molecule has 0 bridgehead atoms. The number of hydrogen-bond acceptors (Lipinski definition) is 4. The van der Waals surface area contributed by atoms with Gasteiger partial charge in [-0.05, 0) is 51.0 Å². The lowest BCUT2D eigenvalue weighted by Gasteiger charge is -2.20. The second-order valence-corrected chi connectivity index (χ2v) is 5.45. The highest BCUT2D eigenvalue weighted by Gasteiger charge is 2.08. The van der Waals surface area contributed by atoms with Crippen molar-refractivity contribution in [3.8, 4) is 5.75 Å². The maximum Gasteiger partial charge on any atom is 0.224 e. The van der Waals surface area contributed by atoms with Crippen molar-refractivity contribution in [1.82, 2.24) is 4.90 Å². The molecule has 0 aromatic heterocycles. The molecule has 22 heavy (non-hydrogen) atoms. The van der Waals surface area contributed by atoms with Crippen molar-refractivity contribution in [2.75, 3.05) is 37.8 Å². The smallest absolute Gasteiger partial charge is 0.224 e. The second-order valence-electron chi connectivity index (χ2n) is 5.45. The first-order chi connectivity index (χ1) is 10.6. The molecule has 0 unspecified atom stereocenters. The monoisotopic (exact) mass is 307 g/mol. The second kappa shape index (κ2) is 10.1. The zero-order valence-electron chi connectivity index (χ0n) is 14.0. The molecular formula is C17H29N3O2. The van der Waals surface area contributed by atoms with E-state index in [1.807, 2.05) is 0 Å². The normalized spacial score (nSPS) is 10.7. The number of carbonyl (C=O) groups excluding carboxylic acids is 1. The maximum absolute atomic E-state index is 12.0. The summed E-state index contributed by atoms with van der Waals surface area (Å²) in [6.45, 7) is 7.53. The van der Waals surface area contributed by atoms with E-state index in [0.29, 0.717) is 23.5 Å². The Morgan fingerprint density at radius 3 is 2.45 bits per heavy atom. The Balaban J connectivity index is 2.39. The standard InChI is InChI=1S/C17H29N3O2/c1-4-10-20(11-5-2)12-6-7-17(21)19-16-9-8-14(22-3)13-15(16)18/h8-9,13H,4-7,10-12,18H2,1-3H3,(H,19,21). The van der Waals surface area contributed by atoms with Gasteiger partial charge in [-0.25, -0.2) is 0 Å². The van der Waals surface area contributed by atoms with Crippen LogP contribution in [0, 0.1) is 0 Å². The molecule has 1 aromatic rings. The Hall–Kier alpha value is -1.75. The molecule has 1 amide bonds. The number of carbonyl (C=O) groups is 1. The summed E-state index contributed by atoms with van der Waals surface area (Å²) in [5, 5.41) is 2.86. The van der Waals surface area contributed by atoms with Crippen molar-refractivity contribution in [2.45, 2.75) is 39.5 Å². The van der Waals surface area contributed by atoms with Gasteiger partial charge >= 0.3 is 0 Å². The highest BCUT2D eigenvalue weighted by atomic mass is 16.5. The molecule has 0 radical (unpaired) electrons. The summed E-state index contributed by atoms with van der Waals surface area (Å²) in [5.74, 6) is 0.690. The fourth-order valence-corrected chi connectivity index (χ4v) is 2.43. The van der Waals surface area contributed by atoms with Crippen molar-refractivity contribution in [2.24, 2.45) is 0 Å². The molecule has 3 N–H and O–H groups in total. The van der Waals surface area contributed by atoms with E-state index < -0.39 is 0 Å². The number of ether oxygens (including phenoxy) is 1. The van der Waals surface area contributed by atoms with Gasteiger partial charge in [-0.1, -0.05) is 13.8 Å². The summed E-state index contributed by atoms with van der Waals surface area (Å²) in [6.07, 6.45) is 3.67. The number of nitrogen functional groups attached to an aromatic ring is 1. The van der Waals surface area contributed by atoms with Crippen LogP contribution in [-0.2, 0) is 4.79 Å². The molecule has 124 valence electrons. The molecule has 0 fully saturated rings.